The van der Waals surface area contributed by atoms with Gasteiger partial charge in [0.2, 0.25) is 5.75 Å². The second-order valence-electron chi connectivity index (χ2n) is 6.86. The van der Waals surface area contributed by atoms with Gasteiger partial charge in [-0.25, -0.2) is 4.79 Å². The number of carbonyl (C=O) groups is 2. The smallest absolute Gasteiger partial charge is 0.354 e. The molecule has 3 aromatic carbocycles. The quantitative estimate of drug-likeness (QED) is 0.211. The Morgan fingerprint density at radius 2 is 1.68 bits per heavy atom. The highest BCUT2D eigenvalue weighted by atomic mass is 16.6. The van der Waals surface area contributed by atoms with Gasteiger partial charge in [0.05, 0.1) is 18.6 Å². The average Bonchev–Trinajstić information content (AvgIpc) is 2.85. The number of hydrogen-bond donors (Lipinski definition) is 1. The van der Waals surface area contributed by atoms with Crippen molar-refractivity contribution in [1.29, 1.82) is 0 Å². The maximum absolute atomic E-state index is 12.5. The molecule has 1 amide bonds. The van der Waals surface area contributed by atoms with Gasteiger partial charge in [0.1, 0.15) is 17.2 Å². The van der Waals surface area contributed by atoms with Gasteiger partial charge in [0.25, 0.3) is 5.91 Å². The Morgan fingerprint density at radius 1 is 1.00 bits per heavy atom. The topological polar surface area (TPSA) is 117 Å². The van der Waals surface area contributed by atoms with Gasteiger partial charge in [0.15, 0.2) is 0 Å². The lowest BCUT2D eigenvalue weighted by Gasteiger charge is -2.10. The van der Waals surface area contributed by atoms with E-state index in [1.165, 1.54) is 31.4 Å². The predicted octanol–water partition coefficient (Wildman–Crippen LogP) is 4.73. The molecule has 0 unspecified atom stereocenters. The first-order chi connectivity index (χ1) is 16.4. The second kappa shape index (κ2) is 11.3. The third kappa shape index (κ3) is 6.19. The number of amides is 1. The van der Waals surface area contributed by atoms with Gasteiger partial charge in [-0.15, -0.1) is 0 Å². The van der Waals surface area contributed by atoms with Crippen LogP contribution in [0.15, 0.2) is 78.5 Å². The van der Waals surface area contributed by atoms with Crippen LogP contribution in [0.5, 0.6) is 17.2 Å². The SMILES string of the molecule is CCOC(=O)C(=Cc1ccc(Oc2ccc(OC)cc2)c([N+](=O)[O-])c1)NC(=O)c1ccccc1. The maximum Gasteiger partial charge on any atom is 0.354 e. The molecule has 9 nitrogen and oxygen atoms in total. The Bertz CT molecular complexity index is 1210. The molecule has 0 bridgehead atoms. The van der Waals surface area contributed by atoms with Crippen molar-refractivity contribution in [3.8, 4) is 17.2 Å². The molecule has 0 saturated heterocycles. The number of methoxy groups -OCH3 is 1. The number of nitro benzene ring substituents is 1. The first-order valence-corrected chi connectivity index (χ1v) is 10.3. The molecular weight excluding hydrogens is 440 g/mol. The molecule has 0 spiro atoms. The van der Waals surface area contributed by atoms with Gasteiger partial charge in [-0.2, -0.15) is 0 Å². The number of benzene rings is 3. The van der Waals surface area contributed by atoms with Crippen molar-refractivity contribution in [2.24, 2.45) is 0 Å². The molecule has 0 fully saturated rings. The minimum atomic E-state index is -0.770. The van der Waals surface area contributed by atoms with E-state index in [1.54, 1.807) is 61.5 Å². The summed E-state index contributed by atoms with van der Waals surface area (Å²) in [5.74, 6) is -0.277. The number of nitrogens with zero attached hydrogens (tertiary/aromatic N) is 1. The van der Waals surface area contributed by atoms with Crippen molar-refractivity contribution in [1.82, 2.24) is 5.32 Å². The minimum Gasteiger partial charge on any atom is -0.497 e. The molecule has 0 aromatic heterocycles. The molecule has 3 rings (SSSR count). The predicted molar refractivity (Wildman–Crippen MR) is 125 cm³/mol. The van der Waals surface area contributed by atoms with E-state index in [0.717, 1.165) is 0 Å². The highest BCUT2D eigenvalue weighted by Crippen LogP contribution is 2.33. The lowest BCUT2D eigenvalue weighted by atomic mass is 10.1. The van der Waals surface area contributed by atoms with Gasteiger partial charge in [-0.1, -0.05) is 24.3 Å². The first-order valence-electron chi connectivity index (χ1n) is 10.3. The Morgan fingerprint density at radius 3 is 2.29 bits per heavy atom. The van der Waals surface area contributed by atoms with E-state index in [4.69, 9.17) is 14.2 Å². The normalized spacial score (nSPS) is 10.8. The van der Waals surface area contributed by atoms with E-state index in [0.29, 0.717) is 22.6 Å². The molecule has 1 N–H and O–H groups in total. The van der Waals surface area contributed by atoms with E-state index in [1.807, 2.05) is 0 Å². The summed E-state index contributed by atoms with van der Waals surface area (Å²) in [4.78, 5) is 36.0. The number of nitrogens with one attached hydrogen (secondary N) is 1. The zero-order valence-electron chi connectivity index (χ0n) is 18.5. The number of esters is 1. The molecule has 0 heterocycles. The summed E-state index contributed by atoms with van der Waals surface area (Å²) in [6, 6.07) is 19.1. The Kier molecular flexibility index (Phi) is 7.96. The molecule has 3 aromatic rings. The third-order valence-electron chi connectivity index (χ3n) is 4.56. The van der Waals surface area contributed by atoms with Crippen molar-refractivity contribution >= 4 is 23.6 Å². The summed E-state index contributed by atoms with van der Waals surface area (Å²) < 4.78 is 15.8. The van der Waals surface area contributed by atoms with Gasteiger partial charge >= 0.3 is 11.7 Å². The van der Waals surface area contributed by atoms with Crippen LogP contribution in [0.25, 0.3) is 6.08 Å². The van der Waals surface area contributed by atoms with Crippen LogP contribution in [0, 0.1) is 10.1 Å². The highest BCUT2D eigenvalue weighted by molar-refractivity contribution is 6.03. The maximum atomic E-state index is 12.5. The summed E-state index contributed by atoms with van der Waals surface area (Å²) in [7, 11) is 1.53. The van der Waals surface area contributed by atoms with Crippen LogP contribution in [0.2, 0.25) is 0 Å². The summed E-state index contributed by atoms with van der Waals surface area (Å²) in [6.45, 7) is 1.72. The van der Waals surface area contributed by atoms with Crippen LogP contribution >= 0.6 is 0 Å². The number of nitro groups is 1. The van der Waals surface area contributed by atoms with Crippen LogP contribution in [-0.2, 0) is 9.53 Å². The van der Waals surface area contributed by atoms with Crippen LogP contribution in [0.1, 0.15) is 22.8 Å². The van der Waals surface area contributed by atoms with E-state index in [-0.39, 0.29) is 23.7 Å². The van der Waals surface area contributed by atoms with Crippen LogP contribution in [-0.4, -0.2) is 30.5 Å². The first kappa shape index (κ1) is 24.0. The highest BCUT2D eigenvalue weighted by Gasteiger charge is 2.19. The van der Waals surface area contributed by atoms with Crippen molar-refractivity contribution in [2.45, 2.75) is 6.92 Å². The molecular formula is C25H22N2O7. The molecule has 0 radical (unpaired) electrons. The summed E-state index contributed by atoms with van der Waals surface area (Å²) in [5.41, 5.74) is 0.160. The van der Waals surface area contributed by atoms with E-state index < -0.39 is 16.8 Å². The van der Waals surface area contributed by atoms with Crippen LogP contribution < -0.4 is 14.8 Å². The number of hydrogen-bond acceptors (Lipinski definition) is 7. The fourth-order valence-corrected chi connectivity index (χ4v) is 2.93. The molecule has 34 heavy (non-hydrogen) atoms. The average molecular weight is 462 g/mol. The Labute approximate surface area is 195 Å². The van der Waals surface area contributed by atoms with Gasteiger partial charge in [-0.05, 0) is 61.0 Å². The van der Waals surface area contributed by atoms with Gasteiger partial charge in [-0.3, -0.25) is 14.9 Å². The number of ether oxygens (including phenoxy) is 3. The Balaban J connectivity index is 1.91. The van der Waals surface area contributed by atoms with Crippen molar-refractivity contribution in [3.63, 3.8) is 0 Å². The zero-order chi connectivity index (χ0) is 24.5. The van der Waals surface area contributed by atoms with Gasteiger partial charge in [0, 0.05) is 11.6 Å². The molecule has 0 saturated carbocycles. The van der Waals surface area contributed by atoms with E-state index in [2.05, 4.69) is 5.32 Å². The lowest BCUT2D eigenvalue weighted by molar-refractivity contribution is -0.385. The lowest BCUT2D eigenvalue weighted by Crippen LogP contribution is -2.28. The molecule has 0 aliphatic heterocycles. The van der Waals surface area contributed by atoms with Crippen LogP contribution in [0.4, 0.5) is 5.69 Å². The van der Waals surface area contributed by atoms with Crippen molar-refractivity contribution < 1.29 is 28.7 Å². The van der Waals surface area contributed by atoms with E-state index in [9.17, 15) is 19.7 Å². The molecule has 0 aliphatic rings. The Hall–Kier alpha value is -4.66. The van der Waals surface area contributed by atoms with Crippen LogP contribution in [0.3, 0.4) is 0 Å². The summed E-state index contributed by atoms with van der Waals surface area (Å²) in [5, 5.41) is 14.2. The summed E-state index contributed by atoms with van der Waals surface area (Å²) >= 11 is 0. The standard InChI is InChI=1S/C25H22N2O7/c1-3-33-25(29)21(26-24(28)18-7-5-4-6-8-18)15-17-9-14-23(22(16-17)27(30)31)34-20-12-10-19(32-2)11-13-20/h4-16H,3H2,1-2H3,(H,26,28). The molecule has 0 aliphatic carbocycles. The zero-order valence-corrected chi connectivity index (χ0v) is 18.5. The molecule has 0 atom stereocenters. The molecule has 174 valence electrons. The third-order valence-corrected chi connectivity index (χ3v) is 4.56. The minimum absolute atomic E-state index is 0.0123. The van der Waals surface area contributed by atoms with Crippen molar-refractivity contribution in [3.05, 3.63) is 99.7 Å². The molecule has 9 heteroatoms. The number of carbonyl (C=O) groups excluding carboxylic acids is 2. The fraction of sp³-hybridized carbons (Fsp3) is 0.120. The summed E-state index contributed by atoms with van der Waals surface area (Å²) in [6.07, 6.45) is 1.31. The van der Waals surface area contributed by atoms with Gasteiger partial charge < -0.3 is 19.5 Å². The van der Waals surface area contributed by atoms with E-state index >= 15 is 0 Å². The monoisotopic (exact) mass is 462 g/mol. The fourth-order valence-electron chi connectivity index (χ4n) is 2.93. The van der Waals surface area contributed by atoms with Crippen molar-refractivity contribution in [2.75, 3.05) is 13.7 Å². The second-order valence-corrected chi connectivity index (χ2v) is 6.86. The largest absolute Gasteiger partial charge is 0.497 e. The number of rotatable bonds is 9.